The molecule has 1 aliphatic carbocycles. The van der Waals surface area contributed by atoms with Crippen LogP contribution in [-0.2, 0) is 4.79 Å². The van der Waals surface area contributed by atoms with Crippen molar-refractivity contribution in [3.63, 3.8) is 0 Å². The fourth-order valence-corrected chi connectivity index (χ4v) is 2.24. The highest BCUT2D eigenvalue weighted by molar-refractivity contribution is 5.76. The third-order valence-electron chi connectivity index (χ3n) is 3.63. The molecule has 18 heavy (non-hydrogen) atoms. The number of benzene rings is 1. The normalized spacial score (nSPS) is 18.3. The highest BCUT2D eigenvalue weighted by atomic mass is 16.4. The van der Waals surface area contributed by atoms with Crippen LogP contribution in [0.1, 0.15) is 56.2 Å². The van der Waals surface area contributed by atoms with Gasteiger partial charge in [-0.2, -0.15) is 0 Å². The maximum Gasteiger partial charge on any atom is 0.325 e. The smallest absolute Gasteiger partial charge is 0.325 e. The van der Waals surface area contributed by atoms with E-state index in [0.29, 0.717) is 5.92 Å². The molecule has 0 aromatic heterocycles. The molecule has 2 atom stereocenters. The molecule has 1 saturated carbocycles. The van der Waals surface area contributed by atoms with Gasteiger partial charge < -0.3 is 5.11 Å². The average molecular weight is 247 g/mol. The van der Waals surface area contributed by atoms with Gasteiger partial charge in [-0.15, -0.1) is 0 Å². The summed E-state index contributed by atoms with van der Waals surface area (Å²) in [7, 11) is 0. The van der Waals surface area contributed by atoms with Crippen molar-refractivity contribution in [3.8, 4) is 0 Å². The molecule has 2 N–H and O–H groups in total. The van der Waals surface area contributed by atoms with Crippen LogP contribution < -0.4 is 5.32 Å². The summed E-state index contributed by atoms with van der Waals surface area (Å²) < 4.78 is 0. The first-order valence-electron chi connectivity index (χ1n) is 6.71. The van der Waals surface area contributed by atoms with Crippen molar-refractivity contribution in [2.45, 2.75) is 51.1 Å². The van der Waals surface area contributed by atoms with Gasteiger partial charge in [-0.3, -0.25) is 10.1 Å². The number of carboxylic acid groups (broad SMARTS) is 1. The second-order valence-electron chi connectivity index (χ2n) is 5.15. The minimum atomic E-state index is -0.789. The van der Waals surface area contributed by atoms with Crippen molar-refractivity contribution in [1.29, 1.82) is 0 Å². The van der Waals surface area contributed by atoms with Gasteiger partial charge in [0.25, 0.3) is 0 Å². The van der Waals surface area contributed by atoms with Crippen LogP contribution in [0.4, 0.5) is 0 Å². The zero-order valence-electron chi connectivity index (χ0n) is 11.0. The van der Waals surface area contributed by atoms with Gasteiger partial charge in [-0.25, -0.2) is 0 Å². The molecular formula is C15H21NO2. The Labute approximate surface area is 108 Å². The largest absolute Gasteiger partial charge is 0.480 e. The molecule has 0 heterocycles. The van der Waals surface area contributed by atoms with E-state index in [1.807, 2.05) is 25.1 Å². The third kappa shape index (κ3) is 2.91. The summed E-state index contributed by atoms with van der Waals surface area (Å²) in [5.74, 6) is -0.217. The van der Waals surface area contributed by atoms with Gasteiger partial charge in [-0.1, -0.05) is 31.2 Å². The van der Waals surface area contributed by atoms with Crippen molar-refractivity contribution in [3.05, 3.63) is 35.4 Å². The Morgan fingerprint density at radius 3 is 2.67 bits per heavy atom. The van der Waals surface area contributed by atoms with Gasteiger partial charge in [-0.05, 0) is 43.2 Å². The second-order valence-corrected chi connectivity index (χ2v) is 5.15. The highest BCUT2D eigenvalue weighted by Gasteiger charge is 2.30. The molecule has 0 amide bonds. The van der Waals surface area contributed by atoms with Crippen molar-refractivity contribution < 1.29 is 9.90 Å². The second kappa shape index (κ2) is 5.53. The third-order valence-corrected chi connectivity index (χ3v) is 3.63. The molecule has 3 nitrogen and oxygen atoms in total. The Morgan fingerprint density at radius 1 is 1.44 bits per heavy atom. The number of hydrogen-bond acceptors (Lipinski definition) is 2. The Kier molecular flexibility index (Phi) is 4.02. The molecular weight excluding hydrogens is 226 g/mol. The van der Waals surface area contributed by atoms with Crippen LogP contribution in [-0.4, -0.2) is 17.1 Å². The Morgan fingerprint density at radius 2 is 2.11 bits per heavy atom. The molecule has 1 fully saturated rings. The van der Waals surface area contributed by atoms with E-state index in [-0.39, 0.29) is 6.04 Å². The number of aliphatic carboxylic acids is 1. The average Bonchev–Trinajstić information content (AvgIpc) is 3.19. The van der Waals surface area contributed by atoms with Gasteiger partial charge in [0.2, 0.25) is 0 Å². The summed E-state index contributed by atoms with van der Waals surface area (Å²) in [6, 6.07) is 7.56. The van der Waals surface area contributed by atoms with Crippen LogP contribution in [0.5, 0.6) is 0 Å². The Hall–Kier alpha value is -1.35. The van der Waals surface area contributed by atoms with E-state index in [9.17, 15) is 9.90 Å². The van der Waals surface area contributed by atoms with E-state index >= 15 is 0 Å². The molecule has 0 bridgehead atoms. The molecule has 2 unspecified atom stereocenters. The van der Waals surface area contributed by atoms with E-state index in [1.165, 1.54) is 18.4 Å². The Balaban J connectivity index is 2.27. The van der Waals surface area contributed by atoms with Gasteiger partial charge in [0.1, 0.15) is 6.04 Å². The maximum absolute atomic E-state index is 11.5. The lowest BCUT2D eigenvalue weighted by molar-refractivity contribution is -0.139. The van der Waals surface area contributed by atoms with E-state index in [2.05, 4.69) is 18.3 Å². The summed E-state index contributed by atoms with van der Waals surface area (Å²) >= 11 is 0. The Bertz CT molecular complexity index is 426. The molecule has 1 aliphatic rings. The molecule has 0 saturated heterocycles. The minimum absolute atomic E-state index is 0.207. The molecule has 98 valence electrons. The van der Waals surface area contributed by atoms with Crippen molar-refractivity contribution in [2.24, 2.45) is 0 Å². The molecule has 0 aliphatic heterocycles. The lowest BCUT2D eigenvalue weighted by Gasteiger charge is -2.21. The molecule has 0 spiro atoms. The summed E-state index contributed by atoms with van der Waals surface area (Å²) in [4.78, 5) is 11.5. The number of hydrogen-bond donors (Lipinski definition) is 2. The fourth-order valence-electron chi connectivity index (χ4n) is 2.24. The van der Waals surface area contributed by atoms with Gasteiger partial charge in [0.15, 0.2) is 0 Å². The van der Waals surface area contributed by atoms with Crippen LogP contribution in [0.3, 0.4) is 0 Å². The SMILES string of the molecule is CCC(C)NC(C(=O)O)c1ccccc1C1CC1. The van der Waals surface area contributed by atoms with E-state index in [4.69, 9.17) is 0 Å². The zero-order valence-corrected chi connectivity index (χ0v) is 11.0. The number of carbonyl (C=O) groups is 1. The summed E-state index contributed by atoms with van der Waals surface area (Å²) in [6.45, 7) is 4.08. The van der Waals surface area contributed by atoms with Gasteiger partial charge in [0, 0.05) is 6.04 Å². The first-order valence-corrected chi connectivity index (χ1v) is 6.71. The molecule has 1 aromatic carbocycles. The predicted molar refractivity (Wildman–Crippen MR) is 71.7 cm³/mol. The first kappa shape index (κ1) is 13.1. The van der Waals surface area contributed by atoms with Crippen molar-refractivity contribution in [2.75, 3.05) is 0 Å². The number of rotatable bonds is 6. The zero-order chi connectivity index (χ0) is 13.1. The fraction of sp³-hybridized carbons (Fsp3) is 0.533. The maximum atomic E-state index is 11.5. The number of nitrogens with one attached hydrogen (secondary N) is 1. The standard InChI is InChI=1S/C15H21NO2/c1-3-10(2)16-14(15(17)18)13-7-5-4-6-12(13)11-8-9-11/h4-7,10-11,14,16H,3,8-9H2,1-2H3,(H,17,18). The highest BCUT2D eigenvalue weighted by Crippen LogP contribution is 2.43. The first-order chi connectivity index (χ1) is 8.63. The topological polar surface area (TPSA) is 49.3 Å². The predicted octanol–water partition coefficient (Wildman–Crippen LogP) is 3.08. The van der Waals surface area contributed by atoms with E-state index < -0.39 is 12.0 Å². The molecule has 2 rings (SSSR count). The summed E-state index contributed by atoms with van der Waals surface area (Å²) in [6.07, 6.45) is 3.30. The van der Waals surface area contributed by atoms with Crippen LogP contribution in [0, 0.1) is 0 Å². The molecule has 3 heteroatoms. The van der Waals surface area contributed by atoms with Crippen LogP contribution in [0.15, 0.2) is 24.3 Å². The van der Waals surface area contributed by atoms with Crippen LogP contribution in [0.2, 0.25) is 0 Å². The lowest BCUT2D eigenvalue weighted by Crippen LogP contribution is -2.35. The lowest BCUT2D eigenvalue weighted by atomic mass is 9.96. The molecule has 1 aromatic rings. The van der Waals surface area contributed by atoms with E-state index in [1.54, 1.807) is 0 Å². The summed E-state index contributed by atoms with van der Waals surface area (Å²) in [5, 5.41) is 12.6. The van der Waals surface area contributed by atoms with Crippen molar-refractivity contribution in [1.82, 2.24) is 5.32 Å². The van der Waals surface area contributed by atoms with E-state index in [0.717, 1.165) is 12.0 Å². The van der Waals surface area contributed by atoms with Gasteiger partial charge in [0.05, 0.1) is 0 Å². The van der Waals surface area contributed by atoms with Gasteiger partial charge >= 0.3 is 5.97 Å². The quantitative estimate of drug-likeness (QED) is 0.812. The van der Waals surface area contributed by atoms with Crippen molar-refractivity contribution >= 4 is 5.97 Å². The monoisotopic (exact) mass is 247 g/mol. The summed E-state index contributed by atoms with van der Waals surface area (Å²) in [5.41, 5.74) is 2.15. The molecule has 0 radical (unpaired) electrons. The number of carboxylic acids is 1. The van der Waals surface area contributed by atoms with Crippen LogP contribution >= 0.6 is 0 Å². The minimum Gasteiger partial charge on any atom is -0.480 e. The van der Waals surface area contributed by atoms with Crippen LogP contribution in [0.25, 0.3) is 0 Å².